The summed E-state index contributed by atoms with van der Waals surface area (Å²) in [5.41, 5.74) is 0.938. The Balaban J connectivity index is 1.93. The van der Waals surface area contributed by atoms with E-state index in [4.69, 9.17) is 9.47 Å². The fourth-order valence-electron chi connectivity index (χ4n) is 4.31. The number of benzene rings is 1. The van der Waals surface area contributed by atoms with Gasteiger partial charge in [0.1, 0.15) is 5.92 Å². The number of carbonyl (C=O) groups excluding carboxylic acids is 4. The number of methoxy groups -OCH3 is 2. The number of amides is 2. The van der Waals surface area contributed by atoms with Crippen LogP contribution in [0.5, 0.6) is 0 Å². The number of carbonyl (C=O) groups is 4. The molecule has 3 rings (SSSR count). The van der Waals surface area contributed by atoms with Crippen molar-refractivity contribution in [1.82, 2.24) is 10.2 Å². The van der Waals surface area contributed by atoms with Gasteiger partial charge in [0.25, 0.3) is 0 Å². The predicted molar refractivity (Wildman–Crippen MR) is 124 cm³/mol. The molecule has 0 saturated carbocycles. The van der Waals surface area contributed by atoms with Crippen molar-refractivity contribution in [3.05, 3.63) is 46.0 Å². The van der Waals surface area contributed by atoms with E-state index in [1.807, 2.05) is 11.8 Å². The third-order valence-corrected chi connectivity index (χ3v) is 7.14. The highest BCUT2D eigenvalue weighted by atomic mass is 32.2. The summed E-state index contributed by atoms with van der Waals surface area (Å²) in [6.45, 7) is 2.70. The minimum absolute atomic E-state index is 0.0576. The molecular weight excluding hydrogens is 458 g/mol. The van der Waals surface area contributed by atoms with Crippen molar-refractivity contribution in [2.45, 2.75) is 38.1 Å². The third kappa shape index (κ3) is 5.25. The van der Waals surface area contributed by atoms with Crippen molar-refractivity contribution in [3.8, 4) is 6.07 Å². The Morgan fingerprint density at radius 3 is 2.47 bits per heavy atom. The first kappa shape index (κ1) is 25.3. The number of hydrogen-bond donors (Lipinski definition) is 1. The molecule has 1 saturated heterocycles. The predicted octanol–water partition coefficient (Wildman–Crippen LogP) is 2.35. The zero-order valence-electron chi connectivity index (χ0n) is 19.3. The number of likely N-dealkylation sites (tertiary alicyclic amines) is 1. The molecule has 1 aromatic rings. The summed E-state index contributed by atoms with van der Waals surface area (Å²) in [5, 5.41) is 12.9. The summed E-state index contributed by atoms with van der Waals surface area (Å²) in [6, 6.07) is 8.42. The van der Waals surface area contributed by atoms with Crippen LogP contribution in [-0.2, 0) is 23.9 Å². The van der Waals surface area contributed by atoms with Gasteiger partial charge >= 0.3 is 11.9 Å². The zero-order valence-corrected chi connectivity index (χ0v) is 20.1. The molecule has 1 aromatic carbocycles. The van der Waals surface area contributed by atoms with Crippen molar-refractivity contribution < 1.29 is 28.7 Å². The van der Waals surface area contributed by atoms with Crippen molar-refractivity contribution in [1.29, 1.82) is 5.26 Å². The summed E-state index contributed by atoms with van der Waals surface area (Å²) >= 11 is 1.08. The summed E-state index contributed by atoms with van der Waals surface area (Å²) in [7, 11) is 2.44. The molecule has 0 radical (unpaired) electrons. The average molecular weight is 486 g/mol. The lowest BCUT2D eigenvalue weighted by Gasteiger charge is -2.34. The number of nitrogens with zero attached hydrogens (tertiary/aromatic N) is 2. The number of hydrogen-bond acceptors (Lipinski definition) is 8. The van der Waals surface area contributed by atoms with Crippen LogP contribution in [0.1, 0.15) is 48.0 Å². The Hall–Kier alpha value is -3.32. The summed E-state index contributed by atoms with van der Waals surface area (Å²) in [5.74, 6) is -4.15. The SMILES string of the molecule is COC(=O)c1ccc([C@@H]2C(C#N)=C(SCC(=O)N3CCCC[C@H]3C)NC(=O)[C@@H]2C(=O)OC)cc1. The molecule has 34 heavy (non-hydrogen) atoms. The number of thioether (sulfide) groups is 1. The van der Waals surface area contributed by atoms with Crippen LogP contribution in [0, 0.1) is 17.2 Å². The van der Waals surface area contributed by atoms with Crippen LogP contribution in [0.2, 0.25) is 0 Å². The van der Waals surface area contributed by atoms with Gasteiger partial charge in [0.15, 0.2) is 0 Å². The van der Waals surface area contributed by atoms with Crippen molar-refractivity contribution in [2.24, 2.45) is 5.92 Å². The molecular formula is C24H27N3O6S. The van der Waals surface area contributed by atoms with Crippen molar-refractivity contribution in [3.63, 3.8) is 0 Å². The lowest BCUT2D eigenvalue weighted by Crippen LogP contribution is -2.45. The smallest absolute Gasteiger partial charge is 0.337 e. The molecule has 9 nitrogen and oxygen atoms in total. The second-order valence-corrected chi connectivity index (χ2v) is 9.14. The fourth-order valence-corrected chi connectivity index (χ4v) is 5.24. The van der Waals surface area contributed by atoms with Gasteiger partial charge in [0.05, 0.1) is 42.2 Å². The molecule has 10 heteroatoms. The number of rotatable bonds is 6. The van der Waals surface area contributed by atoms with Gasteiger partial charge in [-0.3, -0.25) is 14.4 Å². The first-order valence-corrected chi connectivity index (χ1v) is 11.9. The van der Waals surface area contributed by atoms with E-state index >= 15 is 0 Å². The van der Waals surface area contributed by atoms with Crippen molar-refractivity contribution in [2.75, 3.05) is 26.5 Å². The minimum atomic E-state index is -1.29. The molecule has 3 atom stereocenters. The van der Waals surface area contributed by atoms with Gasteiger partial charge in [-0.25, -0.2) is 4.79 Å². The number of esters is 2. The van der Waals surface area contributed by atoms with Crippen molar-refractivity contribution >= 4 is 35.5 Å². The van der Waals surface area contributed by atoms with Gasteiger partial charge in [-0.05, 0) is 43.9 Å². The standard InChI is InChI=1S/C24H27N3O6S/c1-14-6-4-5-11-27(14)18(28)13-34-22-17(12-25)19(20(21(29)26-22)24(31)33-3)15-7-9-16(10-8-15)23(30)32-2/h7-10,14,19-20H,4-6,11,13H2,1-3H3,(H,26,29)/t14-,19-,20-/m1/s1. The Morgan fingerprint density at radius 2 is 1.88 bits per heavy atom. The molecule has 0 aliphatic carbocycles. The zero-order chi connectivity index (χ0) is 24.8. The molecule has 0 spiro atoms. The number of piperidine rings is 1. The van der Waals surface area contributed by atoms with Crippen LogP contribution in [-0.4, -0.2) is 61.2 Å². The maximum atomic E-state index is 12.9. The van der Waals surface area contributed by atoms with Gasteiger partial charge in [-0.15, -0.1) is 0 Å². The Morgan fingerprint density at radius 1 is 1.18 bits per heavy atom. The number of nitrogens with one attached hydrogen (secondary N) is 1. The van der Waals surface area contributed by atoms with E-state index in [1.54, 1.807) is 12.1 Å². The molecule has 2 aliphatic heterocycles. The normalized spacial score (nSPS) is 22.5. The van der Waals surface area contributed by atoms with Crippen LogP contribution in [0.3, 0.4) is 0 Å². The second kappa shape index (κ2) is 11.2. The Bertz CT molecular complexity index is 1050. The largest absolute Gasteiger partial charge is 0.468 e. The van der Waals surface area contributed by atoms with E-state index in [2.05, 4.69) is 11.4 Å². The van der Waals surface area contributed by atoms with E-state index in [9.17, 15) is 24.4 Å². The molecule has 1 N–H and O–H groups in total. The number of nitriles is 1. The molecule has 0 unspecified atom stereocenters. The third-order valence-electron chi connectivity index (χ3n) is 6.14. The molecule has 0 bridgehead atoms. The van der Waals surface area contributed by atoms with E-state index in [0.29, 0.717) is 17.7 Å². The lowest BCUT2D eigenvalue weighted by molar-refractivity contribution is -0.150. The Kier molecular flexibility index (Phi) is 8.34. The minimum Gasteiger partial charge on any atom is -0.468 e. The van der Waals surface area contributed by atoms with Crippen LogP contribution in [0.4, 0.5) is 0 Å². The molecule has 2 amide bonds. The van der Waals surface area contributed by atoms with Crippen LogP contribution in [0.15, 0.2) is 34.9 Å². The van der Waals surface area contributed by atoms with E-state index in [1.165, 1.54) is 26.4 Å². The monoisotopic (exact) mass is 485 g/mol. The molecule has 0 aromatic heterocycles. The number of ether oxygens (including phenoxy) is 2. The van der Waals surface area contributed by atoms with E-state index in [-0.39, 0.29) is 28.3 Å². The van der Waals surface area contributed by atoms with Crippen LogP contribution in [0.25, 0.3) is 0 Å². The summed E-state index contributed by atoms with van der Waals surface area (Å²) in [6.07, 6.45) is 2.99. The van der Waals surface area contributed by atoms with Gasteiger partial charge in [0.2, 0.25) is 11.8 Å². The van der Waals surface area contributed by atoms with E-state index < -0.39 is 29.7 Å². The van der Waals surface area contributed by atoms with Gasteiger partial charge < -0.3 is 19.7 Å². The second-order valence-electron chi connectivity index (χ2n) is 8.16. The highest BCUT2D eigenvalue weighted by Crippen LogP contribution is 2.40. The fraction of sp³-hybridized carbons (Fsp3) is 0.458. The lowest BCUT2D eigenvalue weighted by atomic mass is 9.78. The first-order valence-electron chi connectivity index (χ1n) is 11.0. The van der Waals surface area contributed by atoms with Crippen LogP contribution < -0.4 is 5.32 Å². The van der Waals surface area contributed by atoms with E-state index in [0.717, 1.165) is 31.0 Å². The molecule has 180 valence electrons. The Labute approximate surface area is 202 Å². The molecule has 1 fully saturated rings. The number of allylic oxidation sites excluding steroid dienone is 1. The summed E-state index contributed by atoms with van der Waals surface area (Å²) in [4.78, 5) is 51.8. The maximum absolute atomic E-state index is 12.9. The quantitative estimate of drug-likeness (QED) is 0.481. The van der Waals surface area contributed by atoms with Gasteiger partial charge in [-0.2, -0.15) is 5.26 Å². The average Bonchev–Trinajstić information content (AvgIpc) is 2.86. The highest BCUT2D eigenvalue weighted by molar-refractivity contribution is 8.03. The maximum Gasteiger partial charge on any atom is 0.337 e. The summed E-state index contributed by atoms with van der Waals surface area (Å²) < 4.78 is 9.54. The van der Waals surface area contributed by atoms with Gasteiger partial charge in [0, 0.05) is 18.5 Å². The van der Waals surface area contributed by atoms with Gasteiger partial charge in [-0.1, -0.05) is 23.9 Å². The highest BCUT2D eigenvalue weighted by Gasteiger charge is 2.44. The topological polar surface area (TPSA) is 126 Å². The first-order chi connectivity index (χ1) is 16.3. The molecule has 2 aliphatic rings. The van der Waals surface area contributed by atoms with Crippen LogP contribution >= 0.6 is 11.8 Å². The molecule has 2 heterocycles.